The van der Waals surface area contributed by atoms with E-state index < -0.39 is 0 Å². The van der Waals surface area contributed by atoms with E-state index in [2.05, 4.69) is 27.2 Å². The summed E-state index contributed by atoms with van der Waals surface area (Å²) in [5.41, 5.74) is 9.32. The topological polar surface area (TPSA) is 75.0 Å². The van der Waals surface area contributed by atoms with Crippen LogP contribution < -0.4 is 5.73 Å². The fourth-order valence-corrected chi connectivity index (χ4v) is 3.01. The van der Waals surface area contributed by atoms with Crippen LogP contribution in [0, 0.1) is 5.82 Å². The fraction of sp³-hybridized carbons (Fsp3) is 0.238. The molecule has 27 heavy (non-hydrogen) atoms. The number of hydrogen-bond donors (Lipinski definition) is 2. The van der Waals surface area contributed by atoms with Crippen LogP contribution >= 0.6 is 0 Å². The van der Waals surface area contributed by atoms with Crippen molar-refractivity contribution in [3.05, 3.63) is 77.7 Å². The van der Waals surface area contributed by atoms with Gasteiger partial charge < -0.3 is 5.73 Å². The number of aromatic nitrogens is 2. The maximum absolute atomic E-state index is 13.2. The number of nitrogens with one attached hydrogen (secondary N) is 1. The van der Waals surface area contributed by atoms with E-state index in [-0.39, 0.29) is 11.7 Å². The van der Waals surface area contributed by atoms with Gasteiger partial charge in [-0.25, -0.2) is 4.39 Å². The number of halogens is 1. The Kier molecular flexibility index (Phi) is 6.33. The Hall–Kier alpha value is -2.99. The molecule has 0 radical (unpaired) electrons. The summed E-state index contributed by atoms with van der Waals surface area (Å²) < 4.78 is 13.2. The number of carbonyl (C=O) groups excluding carboxylic acids is 1. The van der Waals surface area contributed by atoms with Gasteiger partial charge in [-0.2, -0.15) is 5.10 Å². The van der Waals surface area contributed by atoms with E-state index in [9.17, 15) is 9.18 Å². The third kappa shape index (κ3) is 5.49. The van der Waals surface area contributed by atoms with Crippen molar-refractivity contribution in [2.45, 2.75) is 19.4 Å². The zero-order valence-electron chi connectivity index (χ0n) is 15.1. The average molecular weight is 366 g/mol. The smallest absolute Gasteiger partial charge is 0.218 e. The van der Waals surface area contributed by atoms with Gasteiger partial charge in [0, 0.05) is 37.2 Å². The molecule has 3 rings (SSSR count). The molecule has 3 aromatic rings. The van der Waals surface area contributed by atoms with Gasteiger partial charge in [0.05, 0.1) is 11.9 Å². The summed E-state index contributed by atoms with van der Waals surface area (Å²) in [7, 11) is 0. The quantitative estimate of drug-likeness (QED) is 0.611. The highest BCUT2D eigenvalue weighted by atomic mass is 19.1. The summed E-state index contributed by atoms with van der Waals surface area (Å²) in [5, 5.41) is 7.15. The van der Waals surface area contributed by atoms with Gasteiger partial charge in [0.25, 0.3) is 0 Å². The van der Waals surface area contributed by atoms with Crippen LogP contribution in [0.2, 0.25) is 0 Å². The summed E-state index contributed by atoms with van der Waals surface area (Å²) in [6.07, 6.45) is 2.96. The second-order valence-corrected chi connectivity index (χ2v) is 6.51. The van der Waals surface area contributed by atoms with Gasteiger partial charge in [-0.05, 0) is 36.2 Å². The van der Waals surface area contributed by atoms with E-state index in [0.717, 1.165) is 29.8 Å². The molecule has 1 heterocycles. The summed E-state index contributed by atoms with van der Waals surface area (Å²) >= 11 is 0. The molecule has 0 fully saturated rings. The van der Waals surface area contributed by atoms with Crippen LogP contribution in [0.4, 0.5) is 4.39 Å². The second-order valence-electron chi connectivity index (χ2n) is 6.51. The Morgan fingerprint density at radius 3 is 2.52 bits per heavy atom. The minimum Gasteiger partial charge on any atom is -0.370 e. The second kappa shape index (κ2) is 9.09. The molecule has 0 aliphatic heterocycles. The van der Waals surface area contributed by atoms with Crippen LogP contribution in [-0.4, -0.2) is 34.1 Å². The molecule has 0 aliphatic rings. The number of primary amides is 1. The van der Waals surface area contributed by atoms with E-state index in [1.807, 2.05) is 18.2 Å². The molecule has 0 bridgehead atoms. The maximum atomic E-state index is 13.2. The molecule has 3 N–H and O–H groups in total. The molecular weight excluding hydrogens is 343 g/mol. The number of H-pyrrole nitrogens is 1. The minimum absolute atomic E-state index is 0.272. The molecule has 6 heteroatoms. The molecule has 5 nitrogen and oxygen atoms in total. The first kappa shape index (κ1) is 18.8. The average Bonchev–Trinajstić information content (AvgIpc) is 3.13. The first-order chi connectivity index (χ1) is 13.1. The van der Waals surface area contributed by atoms with Crippen LogP contribution in [0.3, 0.4) is 0 Å². The van der Waals surface area contributed by atoms with Crippen molar-refractivity contribution >= 4 is 5.91 Å². The van der Waals surface area contributed by atoms with Gasteiger partial charge in [-0.1, -0.05) is 30.3 Å². The van der Waals surface area contributed by atoms with E-state index in [1.54, 1.807) is 18.3 Å². The molecule has 0 atom stereocenters. The van der Waals surface area contributed by atoms with Crippen molar-refractivity contribution in [2.24, 2.45) is 5.73 Å². The molecule has 1 aromatic heterocycles. The SMILES string of the molecule is NC(=O)CCN(CCc1ccccc1)Cc1cn[nH]c1-c1ccc(F)cc1. The van der Waals surface area contributed by atoms with Gasteiger partial charge >= 0.3 is 0 Å². The van der Waals surface area contributed by atoms with Gasteiger partial charge in [-0.15, -0.1) is 0 Å². The summed E-state index contributed by atoms with van der Waals surface area (Å²) in [6, 6.07) is 16.5. The van der Waals surface area contributed by atoms with Gasteiger partial charge in [0.1, 0.15) is 5.82 Å². The van der Waals surface area contributed by atoms with Crippen molar-refractivity contribution in [3.63, 3.8) is 0 Å². The number of nitrogens with two attached hydrogens (primary N) is 1. The zero-order chi connectivity index (χ0) is 19.1. The largest absolute Gasteiger partial charge is 0.370 e. The molecule has 0 unspecified atom stereocenters. The van der Waals surface area contributed by atoms with Gasteiger partial charge in [0.15, 0.2) is 0 Å². The maximum Gasteiger partial charge on any atom is 0.218 e. The lowest BCUT2D eigenvalue weighted by Crippen LogP contribution is -2.30. The first-order valence-electron chi connectivity index (χ1n) is 8.94. The molecule has 140 valence electrons. The third-order valence-electron chi connectivity index (χ3n) is 4.48. The molecular formula is C21H23FN4O. The number of amides is 1. The van der Waals surface area contributed by atoms with Crippen molar-refractivity contribution in [3.8, 4) is 11.3 Å². The van der Waals surface area contributed by atoms with E-state index in [0.29, 0.717) is 19.5 Å². The van der Waals surface area contributed by atoms with Crippen LogP contribution in [0.5, 0.6) is 0 Å². The monoisotopic (exact) mass is 366 g/mol. The molecule has 0 saturated heterocycles. The highest BCUT2D eigenvalue weighted by Gasteiger charge is 2.14. The van der Waals surface area contributed by atoms with Crippen LogP contribution in [0.15, 0.2) is 60.8 Å². The number of rotatable bonds is 9. The Morgan fingerprint density at radius 1 is 1.07 bits per heavy atom. The van der Waals surface area contributed by atoms with Crippen molar-refractivity contribution in [1.29, 1.82) is 0 Å². The Morgan fingerprint density at radius 2 is 1.81 bits per heavy atom. The summed E-state index contributed by atoms with van der Waals surface area (Å²) in [6.45, 7) is 2.00. The van der Waals surface area contributed by atoms with Crippen LogP contribution in [-0.2, 0) is 17.8 Å². The molecule has 1 amide bonds. The molecule has 0 spiro atoms. The lowest BCUT2D eigenvalue weighted by Gasteiger charge is -2.22. The van der Waals surface area contributed by atoms with Crippen molar-refractivity contribution in [1.82, 2.24) is 15.1 Å². The third-order valence-corrected chi connectivity index (χ3v) is 4.48. The molecule has 0 aliphatic carbocycles. The fourth-order valence-electron chi connectivity index (χ4n) is 3.01. The number of nitrogens with zero attached hydrogens (tertiary/aromatic N) is 2. The van der Waals surface area contributed by atoms with Crippen LogP contribution in [0.1, 0.15) is 17.5 Å². The zero-order valence-corrected chi connectivity index (χ0v) is 15.1. The lowest BCUT2D eigenvalue weighted by atomic mass is 10.1. The van der Waals surface area contributed by atoms with E-state index >= 15 is 0 Å². The first-order valence-corrected chi connectivity index (χ1v) is 8.94. The normalized spacial score (nSPS) is 11.0. The van der Waals surface area contributed by atoms with Gasteiger partial charge in [0.2, 0.25) is 5.91 Å². The van der Waals surface area contributed by atoms with E-state index in [4.69, 9.17) is 5.73 Å². The number of carbonyl (C=O) groups is 1. The van der Waals surface area contributed by atoms with Crippen molar-refractivity contribution in [2.75, 3.05) is 13.1 Å². The summed E-state index contributed by atoms with van der Waals surface area (Å²) in [4.78, 5) is 13.4. The van der Waals surface area contributed by atoms with E-state index in [1.165, 1.54) is 17.7 Å². The number of aromatic amines is 1. The molecule has 0 saturated carbocycles. The number of benzene rings is 2. The Bertz CT molecular complexity index is 861. The number of hydrogen-bond acceptors (Lipinski definition) is 3. The van der Waals surface area contributed by atoms with Crippen LogP contribution in [0.25, 0.3) is 11.3 Å². The standard InChI is InChI=1S/C21H23FN4O/c22-19-8-6-17(7-9-19)21-18(14-24-25-21)15-26(13-11-20(23)27)12-10-16-4-2-1-3-5-16/h1-9,14H,10-13,15H2,(H2,23,27)(H,24,25). The predicted molar refractivity (Wildman–Crippen MR) is 103 cm³/mol. The highest BCUT2D eigenvalue weighted by molar-refractivity contribution is 5.73. The van der Waals surface area contributed by atoms with Crippen molar-refractivity contribution < 1.29 is 9.18 Å². The predicted octanol–water partition coefficient (Wildman–Crippen LogP) is 3.14. The van der Waals surface area contributed by atoms with Gasteiger partial charge in [-0.3, -0.25) is 14.8 Å². The minimum atomic E-state index is -0.314. The Labute approximate surface area is 158 Å². The Balaban J connectivity index is 1.72. The highest BCUT2D eigenvalue weighted by Crippen LogP contribution is 2.22. The summed E-state index contributed by atoms with van der Waals surface area (Å²) in [5.74, 6) is -0.587. The molecule has 2 aromatic carbocycles. The lowest BCUT2D eigenvalue weighted by molar-refractivity contribution is -0.118.